The van der Waals surface area contributed by atoms with Crippen LogP contribution in [0.5, 0.6) is 5.75 Å². The summed E-state index contributed by atoms with van der Waals surface area (Å²) in [6.45, 7) is 2.55. The van der Waals surface area contributed by atoms with Crippen molar-refractivity contribution >= 4 is 11.8 Å². The minimum Gasteiger partial charge on any atom is -0.493 e. The molecule has 1 saturated carbocycles. The average Bonchev–Trinajstić information content (AvgIpc) is 3.61. The van der Waals surface area contributed by atoms with E-state index in [4.69, 9.17) is 4.74 Å². The van der Waals surface area contributed by atoms with Crippen molar-refractivity contribution in [2.45, 2.75) is 32.2 Å². The van der Waals surface area contributed by atoms with Gasteiger partial charge in [-0.2, -0.15) is 0 Å². The second-order valence-corrected chi connectivity index (χ2v) is 8.05. The molecule has 0 radical (unpaired) electrons. The van der Waals surface area contributed by atoms with E-state index < -0.39 is 0 Å². The molecule has 1 aliphatic heterocycles. The summed E-state index contributed by atoms with van der Waals surface area (Å²) in [6, 6.07) is 17.3. The largest absolute Gasteiger partial charge is 0.493 e. The van der Waals surface area contributed by atoms with Gasteiger partial charge in [0.25, 0.3) is 5.91 Å². The van der Waals surface area contributed by atoms with Crippen molar-refractivity contribution in [2.75, 3.05) is 19.7 Å². The van der Waals surface area contributed by atoms with Gasteiger partial charge in [0, 0.05) is 31.1 Å². The van der Waals surface area contributed by atoms with E-state index in [1.165, 1.54) is 12.8 Å². The van der Waals surface area contributed by atoms with Gasteiger partial charge in [0.1, 0.15) is 5.75 Å². The number of nitrogens with one attached hydrogen (secondary N) is 1. The quantitative estimate of drug-likeness (QED) is 0.783. The number of likely N-dealkylation sites (tertiary alicyclic amines) is 1. The number of piperidine rings is 1. The number of hydrogen-bond acceptors (Lipinski definition) is 3. The fourth-order valence-corrected chi connectivity index (χ4v) is 3.65. The molecule has 1 saturated heterocycles. The summed E-state index contributed by atoms with van der Waals surface area (Å²) >= 11 is 0. The van der Waals surface area contributed by atoms with Gasteiger partial charge in [-0.3, -0.25) is 9.59 Å². The number of ether oxygens (including phenoxy) is 1. The number of nitrogens with zero attached hydrogens (tertiary/aromatic N) is 1. The zero-order valence-corrected chi connectivity index (χ0v) is 16.7. The molecule has 2 amide bonds. The van der Waals surface area contributed by atoms with Gasteiger partial charge in [0.2, 0.25) is 5.91 Å². The molecule has 1 heterocycles. The standard InChI is InChI=1S/C24H28N2O3/c27-23(25-16-18-4-2-1-3-5-18)20-12-14-26(15-13-20)24(28)21-8-10-22(11-9-21)29-17-19-6-7-19/h1-5,8-11,19-20H,6-7,12-17H2,(H,25,27). The smallest absolute Gasteiger partial charge is 0.253 e. The van der Waals surface area contributed by atoms with Crippen LogP contribution < -0.4 is 10.1 Å². The van der Waals surface area contributed by atoms with Gasteiger partial charge in [-0.15, -0.1) is 0 Å². The van der Waals surface area contributed by atoms with E-state index in [9.17, 15) is 9.59 Å². The lowest BCUT2D eigenvalue weighted by molar-refractivity contribution is -0.126. The van der Waals surface area contributed by atoms with Crippen LogP contribution in [0.4, 0.5) is 0 Å². The Morgan fingerprint density at radius 3 is 2.28 bits per heavy atom. The van der Waals surface area contributed by atoms with Crippen molar-refractivity contribution in [3.8, 4) is 5.75 Å². The Balaban J connectivity index is 1.23. The molecule has 2 aromatic carbocycles. The van der Waals surface area contributed by atoms with E-state index >= 15 is 0 Å². The third kappa shape index (κ3) is 5.37. The molecule has 0 aromatic heterocycles. The van der Waals surface area contributed by atoms with Gasteiger partial charge in [0.05, 0.1) is 6.61 Å². The first-order chi connectivity index (χ1) is 14.2. The Morgan fingerprint density at radius 2 is 1.62 bits per heavy atom. The highest BCUT2D eigenvalue weighted by molar-refractivity contribution is 5.94. The number of benzene rings is 2. The Bertz CT molecular complexity index is 823. The summed E-state index contributed by atoms with van der Waals surface area (Å²) in [7, 11) is 0. The minimum absolute atomic E-state index is 0.0269. The third-order valence-corrected chi connectivity index (χ3v) is 5.75. The first kappa shape index (κ1) is 19.5. The fourth-order valence-electron chi connectivity index (χ4n) is 3.65. The van der Waals surface area contributed by atoms with Crippen LogP contribution in [0, 0.1) is 11.8 Å². The molecule has 4 rings (SSSR count). The average molecular weight is 392 g/mol. The van der Waals surface area contributed by atoms with Crippen molar-refractivity contribution in [1.29, 1.82) is 0 Å². The summed E-state index contributed by atoms with van der Waals surface area (Å²) < 4.78 is 5.74. The second kappa shape index (κ2) is 9.12. The van der Waals surface area contributed by atoms with Crippen molar-refractivity contribution in [1.82, 2.24) is 10.2 Å². The number of rotatable bonds is 7. The molecule has 5 heteroatoms. The highest BCUT2D eigenvalue weighted by Crippen LogP contribution is 2.29. The molecule has 2 aromatic rings. The third-order valence-electron chi connectivity index (χ3n) is 5.75. The van der Waals surface area contributed by atoms with E-state index in [1.54, 1.807) is 0 Å². The summed E-state index contributed by atoms with van der Waals surface area (Å²) in [6.07, 6.45) is 3.93. The molecule has 1 aliphatic carbocycles. The number of carbonyl (C=O) groups is 2. The lowest BCUT2D eigenvalue weighted by atomic mass is 9.95. The van der Waals surface area contributed by atoms with E-state index in [-0.39, 0.29) is 17.7 Å². The van der Waals surface area contributed by atoms with Crippen LogP contribution in [0.3, 0.4) is 0 Å². The van der Waals surface area contributed by atoms with Crippen molar-refractivity contribution in [2.24, 2.45) is 11.8 Å². The maximum absolute atomic E-state index is 12.8. The van der Waals surface area contributed by atoms with Crippen LogP contribution in [0.25, 0.3) is 0 Å². The SMILES string of the molecule is O=C(NCc1ccccc1)C1CCN(C(=O)c2ccc(OCC3CC3)cc2)CC1. The summed E-state index contributed by atoms with van der Waals surface area (Å²) in [5.74, 6) is 1.62. The predicted molar refractivity (Wildman–Crippen MR) is 112 cm³/mol. The molecular formula is C24H28N2O3. The highest BCUT2D eigenvalue weighted by Gasteiger charge is 2.28. The molecule has 0 atom stereocenters. The maximum Gasteiger partial charge on any atom is 0.253 e. The maximum atomic E-state index is 12.8. The molecule has 2 fully saturated rings. The summed E-state index contributed by atoms with van der Waals surface area (Å²) in [5.41, 5.74) is 1.77. The first-order valence-corrected chi connectivity index (χ1v) is 10.5. The zero-order chi connectivity index (χ0) is 20.1. The molecule has 5 nitrogen and oxygen atoms in total. The van der Waals surface area contributed by atoms with Gasteiger partial charge in [-0.25, -0.2) is 0 Å². The first-order valence-electron chi connectivity index (χ1n) is 10.5. The zero-order valence-electron chi connectivity index (χ0n) is 16.7. The minimum atomic E-state index is -0.0269. The molecule has 0 unspecified atom stereocenters. The molecule has 2 aliphatic rings. The topological polar surface area (TPSA) is 58.6 Å². The fraction of sp³-hybridized carbons (Fsp3) is 0.417. The van der Waals surface area contributed by atoms with Crippen LogP contribution in [0.1, 0.15) is 41.6 Å². The molecule has 0 spiro atoms. The van der Waals surface area contributed by atoms with Crippen molar-refractivity contribution in [3.63, 3.8) is 0 Å². The second-order valence-electron chi connectivity index (χ2n) is 8.05. The number of amides is 2. The highest BCUT2D eigenvalue weighted by atomic mass is 16.5. The molecule has 152 valence electrons. The van der Waals surface area contributed by atoms with E-state index in [0.29, 0.717) is 44.0 Å². The van der Waals surface area contributed by atoms with Crippen LogP contribution in [-0.2, 0) is 11.3 Å². The van der Waals surface area contributed by atoms with Crippen LogP contribution in [0.2, 0.25) is 0 Å². The van der Waals surface area contributed by atoms with Crippen LogP contribution in [-0.4, -0.2) is 36.4 Å². The number of carbonyl (C=O) groups excluding carboxylic acids is 2. The summed E-state index contributed by atoms with van der Waals surface area (Å²) in [5, 5.41) is 3.02. The monoisotopic (exact) mass is 392 g/mol. The van der Waals surface area contributed by atoms with E-state index in [2.05, 4.69) is 5.32 Å². The van der Waals surface area contributed by atoms with Gasteiger partial charge in [-0.05, 0) is 61.4 Å². The normalized spacial score (nSPS) is 17.0. The lowest BCUT2D eigenvalue weighted by Crippen LogP contribution is -2.42. The number of hydrogen-bond donors (Lipinski definition) is 1. The van der Waals surface area contributed by atoms with Crippen LogP contribution in [0.15, 0.2) is 54.6 Å². The Kier molecular flexibility index (Phi) is 6.13. The lowest BCUT2D eigenvalue weighted by Gasteiger charge is -2.31. The molecule has 0 bridgehead atoms. The molecular weight excluding hydrogens is 364 g/mol. The molecule has 1 N–H and O–H groups in total. The van der Waals surface area contributed by atoms with E-state index in [0.717, 1.165) is 17.9 Å². The predicted octanol–water partition coefficient (Wildman–Crippen LogP) is 3.64. The van der Waals surface area contributed by atoms with Crippen molar-refractivity contribution in [3.05, 3.63) is 65.7 Å². The molecule has 29 heavy (non-hydrogen) atoms. The van der Waals surface area contributed by atoms with Crippen LogP contribution >= 0.6 is 0 Å². The Hall–Kier alpha value is -2.82. The van der Waals surface area contributed by atoms with Gasteiger partial charge in [0.15, 0.2) is 0 Å². The van der Waals surface area contributed by atoms with Crippen molar-refractivity contribution < 1.29 is 14.3 Å². The Labute approximate surface area is 172 Å². The Morgan fingerprint density at radius 1 is 0.931 bits per heavy atom. The summed E-state index contributed by atoms with van der Waals surface area (Å²) in [4.78, 5) is 27.0. The van der Waals surface area contributed by atoms with Gasteiger partial charge in [-0.1, -0.05) is 30.3 Å². The van der Waals surface area contributed by atoms with Gasteiger partial charge < -0.3 is 15.0 Å². The van der Waals surface area contributed by atoms with Gasteiger partial charge >= 0.3 is 0 Å². The van der Waals surface area contributed by atoms with E-state index in [1.807, 2.05) is 59.5 Å².